The maximum atomic E-state index is 5.47. The molecular formula is C27H36N8O2. The summed E-state index contributed by atoms with van der Waals surface area (Å²) >= 11 is 0. The van der Waals surface area contributed by atoms with Crippen molar-refractivity contribution in [1.82, 2.24) is 15.0 Å². The minimum absolute atomic E-state index is 0.503. The van der Waals surface area contributed by atoms with Gasteiger partial charge in [0.25, 0.3) is 0 Å². The molecule has 2 aliphatic rings. The Labute approximate surface area is 218 Å². The van der Waals surface area contributed by atoms with Crippen LogP contribution in [-0.2, 0) is 9.47 Å². The van der Waals surface area contributed by atoms with E-state index in [1.165, 1.54) is 11.4 Å². The smallest absolute Gasteiger partial charge is 0.233 e. The van der Waals surface area contributed by atoms with Crippen LogP contribution in [0.5, 0.6) is 0 Å². The van der Waals surface area contributed by atoms with Crippen molar-refractivity contribution in [1.29, 1.82) is 0 Å². The van der Waals surface area contributed by atoms with Gasteiger partial charge in [0.05, 0.1) is 26.4 Å². The fraction of sp³-hybridized carbons (Fsp3) is 0.444. The summed E-state index contributed by atoms with van der Waals surface area (Å²) in [6.45, 7) is 12.5. The first-order chi connectivity index (χ1) is 18.2. The Hall–Kier alpha value is -3.63. The van der Waals surface area contributed by atoms with Gasteiger partial charge in [0.2, 0.25) is 17.8 Å². The van der Waals surface area contributed by atoms with Crippen molar-refractivity contribution >= 4 is 40.6 Å². The Balaban J connectivity index is 1.33. The van der Waals surface area contributed by atoms with E-state index in [0.29, 0.717) is 17.8 Å². The molecule has 2 saturated heterocycles. The monoisotopic (exact) mass is 504 g/mol. The first-order valence-corrected chi connectivity index (χ1v) is 13.1. The molecule has 2 aromatic carbocycles. The number of rotatable bonds is 9. The predicted molar refractivity (Wildman–Crippen MR) is 149 cm³/mol. The molecule has 1 aromatic heterocycles. The van der Waals surface area contributed by atoms with Gasteiger partial charge in [-0.3, -0.25) is 0 Å². The lowest BCUT2D eigenvalue weighted by molar-refractivity contribution is 0.122. The second-order valence-electron chi connectivity index (χ2n) is 9.00. The van der Waals surface area contributed by atoms with E-state index in [2.05, 4.69) is 92.7 Å². The number of nitrogens with zero attached hydrogens (tertiary/aromatic N) is 6. The van der Waals surface area contributed by atoms with Gasteiger partial charge in [-0.2, -0.15) is 15.0 Å². The average Bonchev–Trinajstić information content (AvgIpc) is 2.95. The third-order valence-electron chi connectivity index (χ3n) is 6.67. The summed E-state index contributed by atoms with van der Waals surface area (Å²) in [5.74, 6) is 1.65. The Morgan fingerprint density at radius 3 is 1.43 bits per heavy atom. The number of hydrogen-bond donors (Lipinski definition) is 2. The summed E-state index contributed by atoms with van der Waals surface area (Å²) in [7, 11) is 0. The van der Waals surface area contributed by atoms with Gasteiger partial charge >= 0.3 is 0 Å². The van der Waals surface area contributed by atoms with Crippen molar-refractivity contribution in [2.24, 2.45) is 0 Å². The Kier molecular flexibility index (Phi) is 8.17. The minimum Gasteiger partial charge on any atom is -0.378 e. The summed E-state index contributed by atoms with van der Waals surface area (Å²) in [6, 6.07) is 16.7. The van der Waals surface area contributed by atoms with Crippen LogP contribution in [0.3, 0.4) is 0 Å². The maximum Gasteiger partial charge on any atom is 0.233 e. The molecule has 2 N–H and O–H groups in total. The highest BCUT2D eigenvalue weighted by Gasteiger charge is 2.15. The van der Waals surface area contributed by atoms with E-state index in [1.807, 2.05) is 0 Å². The Morgan fingerprint density at radius 1 is 0.649 bits per heavy atom. The zero-order valence-corrected chi connectivity index (χ0v) is 21.7. The van der Waals surface area contributed by atoms with Crippen molar-refractivity contribution in [3.63, 3.8) is 0 Å². The van der Waals surface area contributed by atoms with Crippen LogP contribution in [0.25, 0.3) is 0 Å². The Morgan fingerprint density at radius 2 is 1.05 bits per heavy atom. The number of nitrogens with one attached hydrogen (secondary N) is 2. The van der Waals surface area contributed by atoms with Gasteiger partial charge in [-0.15, -0.1) is 0 Å². The van der Waals surface area contributed by atoms with Crippen molar-refractivity contribution < 1.29 is 9.47 Å². The van der Waals surface area contributed by atoms with Crippen molar-refractivity contribution in [3.8, 4) is 0 Å². The molecule has 0 aliphatic carbocycles. The molecule has 3 aromatic rings. The predicted octanol–water partition coefficient (Wildman–Crippen LogP) is 3.88. The second-order valence-corrected chi connectivity index (χ2v) is 9.00. The van der Waals surface area contributed by atoms with E-state index in [-0.39, 0.29) is 0 Å². The SMILES string of the molecule is CCN(CC)c1nc(Nc2ccc(N3CCOCC3)cc2)nc(Nc2ccc(N3CCOCC3)cc2)n1. The molecule has 0 bridgehead atoms. The fourth-order valence-electron chi connectivity index (χ4n) is 4.54. The van der Waals surface area contributed by atoms with Crippen molar-refractivity contribution in [2.45, 2.75) is 13.8 Å². The first kappa shape index (κ1) is 25.0. The largest absolute Gasteiger partial charge is 0.378 e. The lowest BCUT2D eigenvalue weighted by Crippen LogP contribution is -2.36. The summed E-state index contributed by atoms with van der Waals surface area (Å²) < 4.78 is 10.9. The number of aromatic nitrogens is 3. The first-order valence-electron chi connectivity index (χ1n) is 13.1. The van der Waals surface area contributed by atoms with E-state index >= 15 is 0 Å². The number of ether oxygens (including phenoxy) is 2. The van der Waals surface area contributed by atoms with Gasteiger partial charge < -0.3 is 34.8 Å². The topological polar surface area (TPSA) is 90.9 Å². The lowest BCUT2D eigenvalue weighted by atomic mass is 10.2. The molecule has 0 unspecified atom stereocenters. The molecule has 2 fully saturated rings. The molecule has 0 atom stereocenters. The van der Waals surface area contributed by atoms with E-state index in [0.717, 1.165) is 77.1 Å². The van der Waals surface area contributed by atoms with Crippen LogP contribution in [0.4, 0.5) is 40.6 Å². The molecule has 10 heteroatoms. The summed E-state index contributed by atoms with van der Waals surface area (Å²) in [4.78, 5) is 20.9. The molecule has 0 spiro atoms. The van der Waals surface area contributed by atoms with Gasteiger partial charge in [-0.1, -0.05) is 0 Å². The summed E-state index contributed by atoms with van der Waals surface area (Å²) in [5, 5.41) is 6.73. The highest BCUT2D eigenvalue weighted by Crippen LogP contribution is 2.24. The van der Waals surface area contributed by atoms with Crippen LogP contribution >= 0.6 is 0 Å². The van der Waals surface area contributed by atoms with Gasteiger partial charge in [0.1, 0.15) is 0 Å². The van der Waals surface area contributed by atoms with E-state index in [1.54, 1.807) is 0 Å². The molecule has 2 aliphatic heterocycles. The van der Waals surface area contributed by atoms with Crippen LogP contribution in [-0.4, -0.2) is 80.6 Å². The van der Waals surface area contributed by atoms with E-state index in [9.17, 15) is 0 Å². The van der Waals surface area contributed by atoms with Crippen LogP contribution < -0.4 is 25.3 Å². The number of morpholine rings is 2. The van der Waals surface area contributed by atoms with E-state index in [4.69, 9.17) is 19.4 Å². The van der Waals surface area contributed by atoms with Crippen LogP contribution in [0.2, 0.25) is 0 Å². The van der Waals surface area contributed by atoms with Gasteiger partial charge in [-0.25, -0.2) is 0 Å². The molecule has 0 saturated carbocycles. The normalized spacial score (nSPS) is 15.9. The molecule has 37 heavy (non-hydrogen) atoms. The number of anilines is 7. The zero-order chi connectivity index (χ0) is 25.5. The molecule has 0 amide bonds. The molecule has 196 valence electrons. The average molecular weight is 505 g/mol. The van der Waals surface area contributed by atoms with Crippen LogP contribution in [0.1, 0.15) is 13.8 Å². The molecule has 0 radical (unpaired) electrons. The van der Waals surface area contributed by atoms with Crippen molar-refractivity contribution in [3.05, 3.63) is 48.5 Å². The van der Waals surface area contributed by atoms with Gasteiger partial charge in [0.15, 0.2) is 0 Å². The highest BCUT2D eigenvalue weighted by atomic mass is 16.5. The quantitative estimate of drug-likeness (QED) is 0.447. The van der Waals surface area contributed by atoms with Gasteiger partial charge in [-0.05, 0) is 62.4 Å². The summed E-state index contributed by atoms with van der Waals surface area (Å²) in [5.41, 5.74) is 4.23. The van der Waals surface area contributed by atoms with Crippen LogP contribution in [0.15, 0.2) is 48.5 Å². The maximum absolute atomic E-state index is 5.47. The number of benzene rings is 2. The molecule has 10 nitrogen and oxygen atoms in total. The van der Waals surface area contributed by atoms with E-state index < -0.39 is 0 Å². The standard InChI is InChI=1S/C27H36N8O2/c1-3-33(4-2)27-31-25(28-21-5-9-23(10-6-21)34-13-17-36-18-14-34)30-26(32-27)29-22-7-11-24(12-8-22)35-15-19-37-20-16-35/h5-12H,3-4,13-20H2,1-2H3,(H2,28,29,30,31,32). The van der Waals surface area contributed by atoms with Crippen LogP contribution in [0, 0.1) is 0 Å². The zero-order valence-electron chi connectivity index (χ0n) is 21.7. The minimum atomic E-state index is 0.503. The lowest BCUT2D eigenvalue weighted by Gasteiger charge is -2.29. The highest BCUT2D eigenvalue weighted by molar-refractivity contribution is 5.63. The third-order valence-corrected chi connectivity index (χ3v) is 6.67. The number of hydrogen-bond acceptors (Lipinski definition) is 10. The molecule has 3 heterocycles. The van der Waals surface area contributed by atoms with Gasteiger partial charge in [0, 0.05) is 62.0 Å². The molecule has 5 rings (SSSR count). The molecular weight excluding hydrogens is 468 g/mol. The third kappa shape index (κ3) is 6.39. The Bertz CT molecular complexity index is 1040. The van der Waals surface area contributed by atoms with Crippen molar-refractivity contribution in [2.75, 3.05) is 91.0 Å². The fourth-order valence-corrected chi connectivity index (χ4v) is 4.54. The second kappa shape index (κ2) is 12.1. The summed E-state index contributed by atoms with van der Waals surface area (Å²) in [6.07, 6.45) is 0.